The van der Waals surface area contributed by atoms with Gasteiger partial charge in [-0.05, 0) is 60.2 Å². The number of nitrogens with one attached hydrogen (secondary N) is 1. The van der Waals surface area contributed by atoms with Crippen molar-refractivity contribution in [2.45, 2.75) is 44.4 Å². The van der Waals surface area contributed by atoms with Crippen LogP contribution >= 0.6 is 27.3 Å². The second-order valence-electron chi connectivity index (χ2n) is 5.10. The van der Waals surface area contributed by atoms with E-state index in [1.54, 1.807) is 0 Å². The van der Waals surface area contributed by atoms with E-state index in [4.69, 9.17) is 4.74 Å². The summed E-state index contributed by atoms with van der Waals surface area (Å²) in [5, 5.41) is 3.74. The molecule has 3 atom stereocenters. The molecule has 3 rings (SSSR count). The van der Waals surface area contributed by atoms with Gasteiger partial charge in [0.15, 0.2) is 0 Å². The van der Waals surface area contributed by atoms with Crippen LogP contribution in [0.4, 0.5) is 0 Å². The van der Waals surface area contributed by atoms with Gasteiger partial charge < -0.3 is 10.1 Å². The quantitative estimate of drug-likeness (QED) is 0.914. The van der Waals surface area contributed by atoms with Gasteiger partial charge in [-0.25, -0.2) is 0 Å². The van der Waals surface area contributed by atoms with Gasteiger partial charge in [-0.1, -0.05) is 0 Å². The molecule has 0 bridgehead atoms. The summed E-state index contributed by atoms with van der Waals surface area (Å²) >= 11 is 5.34. The summed E-state index contributed by atoms with van der Waals surface area (Å²) in [6.45, 7) is 3.18. The van der Waals surface area contributed by atoms with Gasteiger partial charge in [-0.3, -0.25) is 0 Å². The van der Waals surface area contributed by atoms with Crippen LogP contribution in [-0.2, 0) is 4.74 Å². The van der Waals surface area contributed by atoms with Gasteiger partial charge in [0.1, 0.15) is 0 Å². The van der Waals surface area contributed by atoms with Crippen molar-refractivity contribution in [1.82, 2.24) is 5.32 Å². The predicted molar refractivity (Wildman–Crippen MR) is 74.4 cm³/mol. The molecule has 2 nitrogen and oxygen atoms in total. The molecule has 2 aliphatic rings. The predicted octanol–water partition coefficient (Wildman–Crippen LogP) is 3.73. The molecule has 0 spiro atoms. The summed E-state index contributed by atoms with van der Waals surface area (Å²) in [6.07, 6.45) is 4.36. The van der Waals surface area contributed by atoms with Gasteiger partial charge in [0.2, 0.25) is 0 Å². The zero-order valence-corrected chi connectivity index (χ0v) is 12.4. The summed E-state index contributed by atoms with van der Waals surface area (Å²) in [5.41, 5.74) is 0. The lowest BCUT2D eigenvalue weighted by atomic mass is 10.1. The number of rotatable bonds is 4. The summed E-state index contributed by atoms with van der Waals surface area (Å²) in [6, 6.07) is 5.31. The van der Waals surface area contributed by atoms with E-state index in [1.807, 2.05) is 11.3 Å². The average molecular weight is 316 g/mol. The van der Waals surface area contributed by atoms with Crippen molar-refractivity contribution in [3.8, 4) is 0 Å². The van der Waals surface area contributed by atoms with Crippen molar-refractivity contribution in [3.63, 3.8) is 0 Å². The molecule has 4 heteroatoms. The van der Waals surface area contributed by atoms with Crippen molar-refractivity contribution in [2.75, 3.05) is 6.61 Å². The second-order valence-corrected chi connectivity index (χ2v) is 7.59. The zero-order chi connectivity index (χ0) is 11.8. The summed E-state index contributed by atoms with van der Waals surface area (Å²) in [5.74, 6) is 0.831. The van der Waals surface area contributed by atoms with E-state index in [-0.39, 0.29) is 0 Å². The Morgan fingerprint density at radius 2 is 2.24 bits per heavy atom. The first-order valence-electron chi connectivity index (χ1n) is 6.37. The van der Waals surface area contributed by atoms with Gasteiger partial charge in [0, 0.05) is 23.6 Å². The van der Waals surface area contributed by atoms with E-state index < -0.39 is 0 Å². The molecule has 1 aromatic heterocycles. The molecule has 17 heavy (non-hydrogen) atoms. The van der Waals surface area contributed by atoms with Crippen molar-refractivity contribution in [1.29, 1.82) is 0 Å². The van der Waals surface area contributed by atoms with Crippen LogP contribution in [0.2, 0.25) is 0 Å². The second kappa shape index (κ2) is 5.00. The van der Waals surface area contributed by atoms with Gasteiger partial charge in [-0.2, -0.15) is 0 Å². The molecule has 1 aliphatic carbocycles. The van der Waals surface area contributed by atoms with Crippen LogP contribution < -0.4 is 5.32 Å². The van der Waals surface area contributed by atoms with E-state index in [9.17, 15) is 0 Å². The molecule has 1 saturated carbocycles. The summed E-state index contributed by atoms with van der Waals surface area (Å²) < 4.78 is 7.07. The average Bonchev–Trinajstić information content (AvgIpc) is 2.89. The minimum Gasteiger partial charge on any atom is -0.376 e. The van der Waals surface area contributed by atoms with E-state index in [0.717, 1.165) is 18.9 Å². The number of hydrogen-bond acceptors (Lipinski definition) is 3. The highest BCUT2D eigenvalue weighted by atomic mass is 79.9. The molecule has 2 fully saturated rings. The standard InChI is InChI=1S/C13H18BrNOS/c1-8(11-4-5-12(14)17-11)15-10-6-7-16-13(10)9-2-3-9/h4-5,8-10,13,15H,2-3,6-7H2,1H3. The molecule has 1 aromatic rings. The van der Waals surface area contributed by atoms with Crippen LogP contribution in [0.1, 0.15) is 37.1 Å². The Morgan fingerprint density at radius 1 is 1.41 bits per heavy atom. The molecule has 0 radical (unpaired) electrons. The van der Waals surface area contributed by atoms with Crippen LogP contribution in [0.5, 0.6) is 0 Å². The fraction of sp³-hybridized carbons (Fsp3) is 0.692. The molecule has 94 valence electrons. The molecule has 3 unspecified atom stereocenters. The smallest absolute Gasteiger partial charge is 0.0757 e. The summed E-state index contributed by atoms with van der Waals surface area (Å²) in [7, 11) is 0. The summed E-state index contributed by atoms with van der Waals surface area (Å²) in [4.78, 5) is 1.40. The molecule has 2 heterocycles. The Kier molecular flexibility index (Phi) is 3.57. The first-order chi connectivity index (χ1) is 8.24. The van der Waals surface area contributed by atoms with E-state index in [1.165, 1.54) is 21.5 Å². The highest BCUT2D eigenvalue weighted by molar-refractivity contribution is 9.11. The topological polar surface area (TPSA) is 21.3 Å². The van der Waals surface area contributed by atoms with Gasteiger partial charge in [-0.15, -0.1) is 11.3 Å². The maximum absolute atomic E-state index is 5.86. The fourth-order valence-corrected chi connectivity index (χ4v) is 4.08. The molecule has 1 aliphatic heterocycles. The highest BCUT2D eigenvalue weighted by Gasteiger charge is 2.40. The van der Waals surface area contributed by atoms with E-state index in [0.29, 0.717) is 18.2 Å². The van der Waals surface area contributed by atoms with Crippen LogP contribution in [0.3, 0.4) is 0 Å². The molecular weight excluding hydrogens is 298 g/mol. The first kappa shape index (κ1) is 12.2. The number of ether oxygens (including phenoxy) is 1. The largest absolute Gasteiger partial charge is 0.376 e. The lowest BCUT2D eigenvalue weighted by Crippen LogP contribution is -2.38. The van der Waals surface area contributed by atoms with Crippen molar-refractivity contribution >= 4 is 27.3 Å². The third kappa shape index (κ3) is 2.75. The highest BCUT2D eigenvalue weighted by Crippen LogP contribution is 2.39. The van der Waals surface area contributed by atoms with Crippen LogP contribution in [-0.4, -0.2) is 18.8 Å². The van der Waals surface area contributed by atoms with Crippen LogP contribution in [0, 0.1) is 5.92 Å². The molecule has 0 aromatic carbocycles. The Morgan fingerprint density at radius 3 is 2.88 bits per heavy atom. The number of halogens is 1. The Balaban J connectivity index is 1.62. The van der Waals surface area contributed by atoms with Gasteiger partial charge >= 0.3 is 0 Å². The van der Waals surface area contributed by atoms with Gasteiger partial charge in [0.25, 0.3) is 0 Å². The van der Waals surface area contributed by atoms with Crippen molar-refractivity contribution in [3.05, 3.63) is 20.8 Å². The maximum atomic E-state index is 5.86. The SMILES string of the molecule is CC(NC1CCOC1C1CC1)c1ccc(Br)s1. The molecule has 1 saturated heterocycles. The molecule has 1 N–H and O–H groups in total. The number of hydrogen-bond donors (Lipinski definition) is 1. The Labute approximate surface area is 115 Å². The minimum atomic E-state index is 0.430. The molecule has 0 amide bonds. The van der Waals surface area contributed by atoms with Crippen LogP contribution in [0.15, 0.2) is 15.9 Å². The lowest BCUT2D eigenvalue weighted by Gasteiger charge is -2.23. The normalized spacial score (nSPS) is 30.7. The molecular formula is C13H18BrNOS. The monoisotopic (exact) mass is 315 g/mol. The fourth-order valence-electron chi connectivity index (χ4n) is 2.64. The third-order valence-electron chi connectivity index (χ3n) is 3.71. The van der Waals surface area contributed by atoms with E-state index in [2.05, 4.69) is 40.3 Å². The van der Waals surface area contributed by atoms with Crippen LogP contribution in [0.25, 0.3) is 0 Å². The van der Waals surface area contributed by atoms with E-state index >= 15 is 0 Å². The minimum absolute atomic E-state index is 0.430. The third-order valence-corrected chi connectivity index (χ3v) is 5.51. The lowest BCUT2D eigenvalue weighted by molar-refractivity contribution is 0.0793. The number of thiophene rings is 1. The Bertz CT molecular complexity index is 391. The zero-order valence-electron chi connectivity index (χ0n) is 9.99. The first-order valence-corrected chi connectivity index (χ1v) is 7.98. The van der Waals surface area contributed by atoms with Crippen molar-refractivity contribution < 1.29 is 4.74 Å². The van der Waals surface area contributed by atoms with Gasteiger partial charge in [0.05, 0.1) is 9.89 Å². The Hall–Kier alpha value is 0.1000. The van der Waals surface area contributed by atoms with Crippen molar-refractivity contribution in [2.24, 2.45) is 5.92 Å². The maximum Gasteiger partial charge on any atom is 0.0757 e.